The van der Waals surface area contributed by atoms with Gasteiger partial charge in [0.05, 0.1) is 5.69 Å². The summed E-state index contributed by atoms with van der Waals surface area (Å²) in [4.78, 5) is 4.33. The van der Waals surface area contributed by atoms with Crippen molar-refractivity contribution in [3.8, 4) is 0 Å². The first-order valence-electron chi connectivity index (χ1n) is 4.42. The standard InChI is InChI=1S/C12H12N/c1-12(8-4-2-5-9-12)11-7-3-6-10-13-11/h2-8,10H,1,9H2. The van der Waals surface area contributed by atoms with E-state index in [4.69, 9.17) is 0 Å². The molecule has 0 saturated heterocycles. The van der Waals surface area contributed by atoms with Crippen molar-refractivity contribution in [2.24, 2.45) is 0 Å². The topological polar surface area (TPSA) is 12.9 Å². The summed E-state index contributed by atoms with van der Waals surface area (Å²) < 4.78 is 0. The van der Waals surface area contributed by atoms with Gasteiger partial charge in [-0.3, -0.25) is 4.98 Å². The quantitative estimate of drug-likeness (QED) is 0.631. The third kappa shape index (κ3) is 1.55. The van der Waals surface area contributed by atoms with Crippen molar-refractivity contribution >= 4 is 0 Å². The molecule has 0 fully saturated rings. The van der Waals surface area contributed by atoms with Crippen molar-refractivity contribution in [1.82, 2.24) is 4.98 Å². The van der Waals surface area contributed by atoms with Crippen molar-refractivity contribution in [2.45, 2.75) is 11.8 Å². The van der Waals surface area contributed by atoms with Gasteiger partial charge in [0.25, 0.3) is 0 Å². The minimum Gasteiger partial charge on any atom is -0.260 e. The van der Waals surface area contributed by atoms with Crippen LogP contribution in [0.1, 0.15) is 12.1 Å². The zero-order valence-corrected chi connectivity index (χ0v) is 7.48. The van der Waals surface area contributed by atoms with Crippen LogP contribution in [0.5, 0.6) is 0 Å². The molecule has 0 saturated carbocycles. The maximum atomic E-state index is 4.33. The molecule has 0 spiro atoms. The minimum atomic E-state index is -0.157. The van der Waals surface area contributed by atoms with E-state index in [0.717, 1.165) is 12.1 Å². The molecule has 1 nitrogen and oxygen atoms in total. The summed E-state index contributed by atoms with van der Waals surface area (Å²) in [6, 6.07) is 5.95. The van der Waals surface area contributed by atoms with Gasteiger partial charge in [0.1, 0.15) is 0 Å². The Kier molecular flexibility index (Phi) is 2.01. The van der Waals surface area contributed by atoms with Gasteiger partial charge in [0, 0.05) is 11.6 Å². The fourth-order valence-electron chi connectivity index (χ4n) is 1.51. The molecule has 1 aromatic heterocycles. The maximum Gasteiger partial charge on any atom is 0.0506 e. The van der Waals surface area contributed by atoms with Crippen LogP contribution in [0.15, 0.2) is 48.7 Å². The Bertz CT molecular complexity index is 337. The van der Waals surface area contributed by atoms with Gasteiger partial charge in [-0.25, -0.2) is 0 Å². The lowest BCUT2D eigenvalue weighted by Gasteiger charge is -2.25. The first kappa shape index (κ1) is 8.24. The lowest BCUT2D eigenvalue weighted by molar-refractivity contribution is 0.645. The van der Waals surface area contributed by atoms with E-state index < -0.39 is 0 Å². The smallest absolute Gasteiger partial charge is 0.0506 e. The first-order valence-corrected chi connectivity index (χ1v) is 4.42. The zero-order valence-electron chi connectivity index (χ0n) is 7.48. The highest BCUT2D eigenvalue weighted by Crippen LogP contribution is 2.29. The van der Waals surface area contributed by atoms with Gasteiger partial charge in [-0.1, -0.05) is 30.4 Å². The van der Waals surface area contributed by atoms with Gasteiger partial charge < -0.3 is 0 Å². The second kappa shape index (κ2) is 3.17. The Balaban J connectivity index is 2.35. The SMILES string of the molecule is [CH2]C1(c2ccccn2)C=CC=CC1. The third-order valence-electron chi connectivity index (χ3n) is 2.32. The lowest BCUT2D eigenvalue weighted by atomic mass is 9.80. The van der Waals surface area contributed by atoms with Crippen LogP contribution in [0.4, 0.5) is 0 Å². The molecule has 1 radical (unpaired) electrons. The molecule has 1 aromatic rings. The van der Waals surface area contributed by atoms with E-state index in [1.807, 2.05) is 36.5 Å². The number of rotatable bonds is 1. The summed E-state index contributed by atoms with van der Waals surface area (Å²) in [5.41, 5.74) is 0.881. The molecule has 65 valence electrons. The van der Waals surface area contributed by atoms with Crippen LogP contribution in [-0.2, 0) is 5.41 Å². The number of aromatic nitrogens is 1. The van der Waals surface area contributed by atoms with Crippen molar-refractivity contribution in [2.75, 3.05) is 0 Å². The third-order valence-corrected chi connectivity index (χ3v) is 2.32. The number of hydrogen-bond donors (Lipinski definition) is 0. The highest BCUT2D eigenvalue weighted by Gasteiger charge is 2.24. The maximum absolute atomic E-state index is 4.33. The number of allylic oxidation sites excluding steroid dienone is 4. The summed E-state index contributed by atoms with van der Waals surface area (Å²) in [7, 11) is 0. The fraction of sp³-hybridized carbons (Fsp3) is 0.167. The normalized spacial score (nSPS) is 26.2. The van der Waals surface area contributed by atoms with Crippen LogP contribution in [0.3, 0.4) is 0 Å². The molecule has 1 heteroatoms. The van der Waals surface area contributed by atoms with Gasteiger partial charge in [0.2, 0.25) is 0 Å². The van der Waals surface area contributed by atoms with Crippen molar-refractivity contribution in [3.63, 3.8) is 0 Å². The van der Waals surface area contributed by atoms with E-state index in [-0.39, 0.29) is 5.41 Å². The average Bonchev–Trinajstić information content (AvgIpc) is 2.20. The monoisotopic (exact) mass is 170 g/mol. The Morgan fingerprint density at radius 3 is 2.85 bits per heavy atom. The zero-order chi connectivity index (χ0) is 9.15. The van der Waals surface area contributed by atoms with Crippen LogP contribution in [0.25, 0.3) is 0 Å². The minimum absolute atomic E-state index is 0.157. The van der Waals surface area contributed by atoms with Crippen LogP contribution in [0, 0.1) is 6.92 Å². The predicted octanol–water partition coefficient (Wildman–Crippen LogP) is 2.67. The van der Waals surface area contributed by atoms with Crippen molar-refractivity contribution in [1.29, 1.82) is 0 Å². The van der Waals surface area contributed by atoms with Crippen LogP contribution >= 0.6 is 0 Å². The van der Waals surface area contributed by atoms with Crippen molar-refractivity contribution in [3.05, 3.63) is 61.3 Å². The van der Waals surface area contributed by atoms with Gasteiger partial charge >= 0.3 is 0 Å². The summed E-state index contributed by atoms with van der Waals surface area (Å²) in [6.07, 6.45) is 11.1. The van der Waals surface area contributed by atoms with E-state index in [9.17, 15) is 0 Å². The second-order valence-electron chi connectivity index (χ2n) is 3.36. The molecule has 0 bridgehead atoms. The van der Waals surface area contributed by atoms with E-state index in [0.29, 0.717) is 0 Å². The molecule has 0 N–H and O–H groups in total. The highest BCUT2D eigenvalue weighted by atomic mass is 14.7. The Morgan fingerprint density at radius 1 is 1.31 bits per heavy atom. The first-order chi connectivity index (χ1) is 6.31. The van der Waals surface area contributed by atoms with Gasteiger partial charge in [0.15, 0.2) is 0 Å². The Hall–Kier alpha value is -1.37. The molecule has 1 heterocycles. The molecule has 0 aliphatic heterocycles. The molecule has 1 aliphatic carbocycles. The molecule has 13 heavy (non-hydrogen) atoms. The van der Waals surface area contributed by atoms with E-state index >= 15 is 0 Å². The summed E-state index contributed by atoms with van der Waals surface area (Å²) in [5.74, 6) is 0. The van der Waals surface area contributed by atoms with Crippen LogP contribution in [0.2, 0.25) is 0 Å². The number of pyridine rings is 1. The highest BCUT2D eigenvalue weighted by molar-refractivity contribution is 5.32. The average molecular weight is 170 g/mol. The van der Waals surface area contributed by atoms with Crippen LogP contribution in [-0.4, -0.2) is 4.98 Å². The largest absolute Gasteiger partial charge is 0.260 e. The molecule has 1 atom stereocenters. The summed E-state index contributed by atoms with van der Waals surface area (Å²) in [6.45, 7) is 4.20. The lowest BCUT2D eigenvalue weighted by Crippen LogP contribution is -2.21. The van der Waals surface area contributed by atoms with E-state index in [1.54, 1.807) is 0 Å². The van der Waals surface area contributed by atoms with Gasteiger partial charge in [-0.15, -0.1) is 0 Å². The second-order valence-corrected chi connectivity index (χ2v) is 3.36. The molecule has 0 amide bonds. The molecule has 1 unspecified atom stereocenters. The number of hydrogen-bond acceptors (Lipinski definition) is 1. The van der Waals surface area contributed by atoms with Gasteiger partial charge in [-0.2, -0.15) is 0 Å². The summed E-state index contributed by atoms with van der Waals surface area (Å²) in [5, 5.41) is 0. The number of nitrogens with zero attached hydrogens (tertiary/aromatic N) is 1. The summed E-state index contributed by atoms with van der Waals surface area (Å²) >= 11 is 0. The Morgan fingerprint density at radius 2 is 2.23 bits per heavy atom. The van der Waals surface area contributed by atoms with Gasteiger partial charge in [-0.05, 0) is 25.5 Å². The molecule has 0 aromatic carbocycles. The predicted molar refractivity (Wildman–Crippen MR) is 54.2 cm³/mol. The van der Waals surface area contributed by atoms with Crippen LogP contribution < -0.4 is 0 Å². The van der Waals surface area contributed by atoms with E-state index in [1.165, 1.54) is 0 Å². The molecule has 1 aliphatic rings. The molecular formula is C12H12N. The molecular weight excluding hydrogens is 158 g/mol. The van der Waals surface area contributed by atoms with E-state index in [2.05, 4.69) is 24.1 Å². The molecule has 2 rings (SSSR count). The Labute approximate surface area is 78.8 Å². The fourth-order valence-corrected chi connectivity index (χ4v) is 1.51. The van der Waals surface area contributed by atoms with Crippen molar-refractivity contribution < 1.29 is 0 Å².